The van der Waals surface area contributed by atoms with Gasteiger partial charge in [-0.3, -0.25) is 0 Å². The molecular weight excluding hydrogens is 276 g/mol. The van der Waals surface area contributed by atoms with E-state index < -0.39 is 0 Å². The van der Waals surface area contributed by atoms with Gasteiger partial charge in [-0.2, -0.15) is 11.8 Å². The van der Waals surface area contributed by atoms with Gasteiger partial charge < -0.3 is 5.32 Å². The second-order valence-corrected chi connectivity index (χ2v) is 6.75. The summed E-state index contributed by atoms with van der Waals surface area (Å²) in [5.74, 6) is -0.652. The Morgan fingerprint density at radius 1 is 1.20 bits per heavy atom. The van der Waals surface area contributed by atoms with Gasteiger partial charge in [0.2, 0.25) is 0 Å². The van der Waals surface area contributed by atoms with Crippen molar-refractivity contribution in [2.75, 3.05) is 6.26 Å². The first-order valence-corrected chi connectivity index (χ1v) is 8.56. The van der Waals surface area contributed by atoms with Crippen LogP contribution in [-0.4, -0.2) is 17.5 Å². The van der Waals surface area contributed by atoms with Gasteiger partial charge in [0.25, 0.3) is 0 Å². The van der Waals surface area contributed by atoms with E-state index in [1.54, 1.807) is 6.92 Å². The van der Waals surface area contributed by atoms with Crippen molar-refractivity contribution in [2.24, 2.45) is 0 Å². The Bertz CT molecular complexity index is 464. The molecule has 0 bridgehead atoms. The third kappa shape index (κ3) is 3.53. The first-order valence-electron chi connectivity index (χ1n) is 7.27. The van der Waals surface area contributed by atoms with Gasteiger partial charge in [0, 0.05) is 22.9 Å². The van der Waals surface area contributed by atoms with E-state index in [1.165, 1.54) is 31.4 Å². The maximum Gasteiger partial charge on any atom is 0.128 e. The zero-order valence-electron chi connectivity index (χ0n) is 12.4. The summed E-state index contributed by atoms with van der Waals surface area (Å²) in [7, 11) is 0. The predicted molar refractivity (Wildman–Crippen MR) is 82.2 cm³/mol. The van der Waals surface area contributed by atoms with E-state index in [4.69, 9.17) is 0 Å². The second-order valence-electron chi connectivity index (χ2n) is 5.68. The summed E-state index contributed by atoms with van der Waals surface area (Å²) in [5, 5.41) is 4.07. The van der Waals surface area contributed by atoms with Gasteiger partial charge >= 0.3 is 0 Å². The minimum absolute atomic E-state index is 0.164. The Morgan fingerprint density at radius 2 is 1.90 bits per heavy atom. The topological polar surface area (TPSA) is 12.0 Å². The minimum Gasteiger partial charge on any atom is -0.306 e. The predicted octanol–water partition coefficient (Wildman–Crippen LogP) is 4.60. The van der Waals surface area contributed by atoms with Crippen molar-refractivity contribution in [1.82, 2.24) is 5.32 Å². The molecule has 1 nitrogen and oxygen atoms in total. The van der Waals surface area contributed by atoms with Gasteiger partial charge in [-0.1, -0.05) is 12.8 Å². The fourth-order valence-corrected chi connectivity index (χ4v) is 3.92. The third-order valence-electron chi connectivity index (χ3n) is 4.21. The summed E-state index contributed by atoms with van der Waals surface area (Å²) < 4.78 is 27.6. The van der Waals surface area contributed by atoms with Crippen LogP contribution >= 0.6 is 11.8 Å². The van der Waals surface area contributed by atoms with E-state index in [1.807, 2.05) is 18.7 Å². The molecule has 0 amide bonds. The van der Waals surface area contributed by atoms with Gasteiger partial charge in [0.1, 0.15) is 11.6 Å². The van der Waals surface area contributed by atoms with Gasteiger partial charge in [-0.15, -0.1) is 0 Å². The smallest absolute Gasteiger partial charge is 0.128 e. The van der Waals surface area contributed by atoms with E-state index in [9.17, 15) is 8.78 Å². The highest BCUT2D eigenvalue weighted by atomic mass is 32.2. The number of hydrogen-bond acceptors (Lipinski definition) is 2. The molecule has 1 aromatic rings. The Balaban J connectivity index is 2.11. The van der Waals surface area contributed by atoms with Gasteiger partial charge in [-0.25, -0.2) is 8.78 Å². The summed E-state index contributed by atoms with van der Waals surface area (Å²) in [6.45, 7) is 3.50. The second kappa shape index (κ2) is 6.90. The number of hydrogen-bond donors (Lipinski definition) is 1. The lowest BCUT2D eigenvalue weighted by Gasteiger charge is -2.33. The Kier molecular flexibility index (Phi) is 5.44. The van der Waals surface area contributed by atoms with Crippen molar-refractivity contribution in [2.45, 2.75) is 56.9 Å². The summed E-state index contributed by atoms with van der Waals surface area (Å²) in [6, 6.07) is 2.84. The summed E-state index contributed by atoms with van der Waals surface area (Å²) in [6.07, 6.45) is 6.93. The van der Waals surface area contributed by atoms with Crippen LogP contribution < -0.4 is 5.32 Å². The fourth-order valence-electron chi connectivity index (χ4n) is 2.97. The first kappa shape index (κ1) is 15.8. The van der Waals surface area contributed by atoms with Crippen molar-refractivity contribution in [3.63, 3.8) is 0 Å². The monoisotopic (exact) mass is 299 g/mol. The molecule has 1 aliphatic rings. The molecule has 2 rings (SSSR count). The number of nitrogens with one attached hydrogen (secondary N) is 1. The molecule has 0 radical (unpaired) electrons. The van der Waals surface area contributed by atoms with Gasteiger partial charge in [-0.05, 0) is 50.6 Å². The molecule has 0 heterocycles. The summed E-state index contributed by atoms with van der Waals surface area (Å²) in [4.78, 5) is 0. The van der Waals surface area contributed by atoms with Crippen LogP contribution in [0.1, 0.15) is 49.8 Å². The quantitative estimate of drug-likeness (QED) is 0.872. The number of benzene rings is 1. The Hall–Kier alpha value is -0.610. The van der Waals surface area contributed by atoms with Crippen LogP contribution in [0.5, 0.6) is 0 Å². The number of thioether (sulfide) groups is 1. The van der Waals surface area contributed by atoms with Gasteiger partial charge in [0.05, 0.1) is 0 Å². The summed E-state index contributed by atoms with van der Waals surface area (Å²) in [5.41, 5.74) is 0.789. The van der Waals surface area contributed by atoms with E-state index >= 15 is 0 Å². The minimum atomic E-state index is -0.333. The highest BCUT2D eigenvalue weighted by Crippen LogP contribution is 2.29. The average molecular weight is 299 g/mol. The number of rotatable bonds is 4. The molecule has 112 valence electrons. The zero-order valence-corrected chi connectivity index (χ0v) is 13.2. The van der Waals surface area contributed by atoms with Crippen LogP contribution in [-0.2, 0) is 0 Å². The van der Waals surface area contributed by atoms with Crippen molar-refractivity contribution in [1.29, 1.82) is 0 Å². The van der Waals surface area contributed by atoms with E-state index in [0.717, 1.165) is 6.42 Å². The number of halogens is 2. The van der Waals surface area contributed by atoms with Crippen molar-refractivity contribution >= 4 is 11.8 Å². The largest absolute Gasteiger partial charge is 0.306 e. The van der Waals surface area contributed by atoms with Crippen LogP contribution in [0, 0.1) is 18.6 Å². The first-order chi connectivity index (χ1) is 9.52. The van der Waals surface area contributed by atoms with Crippen LogP contribution in [0.15, 0.2) is 12.1 Å². The molecule has 1 fully saturated rings. The molecule has 0 saturated heterocycles. The average Bonchev–Trinajstić information content (AvgIpc) is 2.43. The standard InChI is InChI=1S/C16H23F2NS/c1-10-8-14(18)12(9-13(10)17)11(2)19-15-6-4-5-7-16(15)20-3/h8-9,11,15-16,19H,4-7H2,1-3H3. The lowest BCUT2D eigenvalue weighted by atomic mass is 9.93. The lowest BCUT2D eigenvalue weighted by Crippen LogP contribution is -2.41. The summed E-state index contributed by atoms with van der Waals surface area (Å²) >= 11 is 1.87. The van der Waals surface area contributed by atoms with Crippen LogP contribution in [0.4, 0.5) is 8.78 Å². The molecule has 1 N–H and O–H groups in total. The molecule has 3 atom stereocenters. The molecule has 4 heteroatoms. The van der Waals surface area contributed by atoms with E-state index in [0.29, 0.717) is 22.4 Å². The molecule has 0 aromatic heterocycles. The molecule has 1 saturated carbocycles. The van der Waals surface area contributed by atoms with E-state index in [2.05, 4.69) is 11.6 Å². The molecule has 1 aromatic carbocycles. The lowest BCUT2D eigenvalue weighted by molar-refractivity contribution is 0.352. The zero-order chi connectivity index (χ0) is 14.7. The Labute approximate surface area is 124 Å². The molecule has 1 aliphatic carbocycles. The van der Waals surface area contributed by atoms with Crippen LogP contribution in [0.25, 0.3) is 0 Å². The SMILES string of the molecule is CSC1CCCCC1NC(C)c1cc(F)c(C)cc1F. The fraction of sp³-hybridized carbons (Fsp3) is 0.625. The molecular formula is C16H23F2NS. The van der Waals surface area contributed by atoms with Crippen LogP contribution in [0.2, 0.25) is 0 Å². The highest BCUT2D eigenvalue weighted by Gasteiger charge is 2.26. The molecule has 3 unspecified atom stereocenters. The molecule has 0 spiro atoms. The van der Waals surface area contributed by atoms with Crippen molar-refractivity contribution in [3.8, 4) is 0 Å². The van der Waals surface area contributed by atoms with Crippen LogP contribution in [0.3, 0.4) is 0 Å². The third-order valence-corrected chi connectivity index (χ3v) is 5.38. The highest BCUT2D eigenvalue weighted by molar-refractivity contribution is 7.99. The maximum atomic E-state index is 14.0. The van der Waals surface area contributed by atoms with Crippen molar-refractivity contribution < 1.29 is 8.78 Å². The normalized spacial score (nSPS) is 24.6. The Morgan fingerprint density at radius 3 is 2.60 bits per heavy atom. The number of aryl methyl sites for hydroxylation is 1. The van der Waals surface area contributed by atoms with E-state index in [-0.39, 0.29) is 17.7 Å². The van der Waals surface area contributed by atoms with Crippen molar-refractivity contribution in [3.05, 3.63) is 34.9 Å². The molecule has 0 aliphatic heterocycles. The maximum absolute atomic E-state index is 14.0. The van der Waals surface area contributed by atoms with Gasteiger partial charge in [0.15, 0.2) is 0 Å². The molecule has 20 heavy (non-hydrogen) atoms.